The second-order valence-corrected chi connectivity index (χ2v) is 5.75. The third-order valence-electron chi connectivity index (χ3n) is 3.54. The van der Waals surface area contributed by atoms with Crippen LogP contribution in [-0.4, -0.2) is 25.3 Å². The highest BCUT2D eigenvalue weighted by Gasteiger charge is 2.09. The summed E-state index contributed by atoms with van der Waals surface area (Å²) in [5.74, 6) is -0.389. The van der Waals surface area contributed by atoms with Gasteiger partial charge in [-0.05, 0) is 44.0 Å². The van der Waals surface area contributed by atoms with Crippen molar-refractivity contribution >= 4 is 17.8 Å². The van der Waals surface area contributed by atoms with E-state index in [4.69, 9.17) is 4.84 Å². The number of amides is 1. The molecule has 2 aromatic rings. The molecule has 0 aromatic heterocycles. The Balaban J connectivity index is 1.92. The number of anilines is 1. The molecule has 0 fully saturated rings. The average Bonchev–Trinajstić information content (AvgIpc) is 2.56. The van der Waals surface area contributed by atoms with Gasteiger partial charge in [0.25, 0.3) is 5.91 Å². The molecule has 0 saturated carbocycles. The molecule has 0 radical (unpaired) electrons. The van der Waals surface area contributed by atoms with Crippen molar-refractivity contribution in [2.75, 3.05) is 11.9 Å². The molecule has 1 N–H and O–H groups in total. The number of carbonyl (C=O) groups is 1. The standard InChI is InChI=1S/C19H20F2N2O3/c1-12-8-13(2)18(14(3)9-12)23-17(24)11-25-22-10-15-6-4-5-7-16(15)26-19(20)21/h4-10,19H,11H2,1-3H3,(H,23,24)/b22-10+. The van der Waals surface area contributed by atoms with Gasteiger partial charge in [-0.3, -0.25) is 4.79 Å². The van der Waals surface area contributed by atoms with E-state index < -0.39 is 6.61 Å². The van der Waals surface area contributed by atoms with E-state index in [1.54, 1.807) is 18.2 Å². The number of rotatable bonds is 7. The first kappa shape index (κ1) is 19.4. The monoisotopic (exact) mass is 362 g/mol. The Kier molecular flexibility index (Phi) is 6.66. The lowest BCUT2D eigenvalue weighted by molar-refractivity contribution is -0.120. The number of halogens is 2. The van der Waals surface area contributed by atoms with Crippen LogP contribution in [0.1, 0.15) is 22.3 Å². The molecule has 2 aromatic carbocycles. The van der Waals surface area contributed by atoms with Gasteiger partial charge in [0, 0.05) is 11.3 Å². The number of carbonyl (C=O) groups excluding carboxylic acids is 1. The molecule has 0 bridgehead atoms. The zero-order valence-electron chi connectivity index (χ0n) is 14.8. The van der Waals surface area contributed by atoms with Gasteiger partial charge in [-0.2, -0.15) is 8.78 Å². The van der Waals surface area contributed by atoms with Gasteiger partial charge in [0.2, 0.25) is 0 Å². The number of hydrogen-bond acceptors (Lipinski definition) is 4. The zero-order valence-corrected chi connectivity index (χ0v) is 14.8. The van der Waals surface area contributed by atoms with Gasteiger partial charge < -0.3 is 14.9 Å². The molecule has 0 unspecified atom stereocenters. The Morgan fingerprint density at radius 1 is 1.19 bits per heavy atom. The van der Waals surface area contributed by atoms with Crippen molar-refractivity contribution in [3.8, 4) is 5.75 Å². The van der Waals surface area contributed by atoms with E-state index in [1.165, 1.54) is 12.3 Å². The molecule has 0 aliphatic carbocycles. The van der Waals surface area contributed by atoms with E-state index in [0.29, 0.717) is 5.56 Å². The fraction of sp³-hybridized carbons (Fsp3) is 0.263. The molecule has 0 atom stereocenters. The second kappa shape index (κ2) is 8.94. The second-order valence-electron chi connectivity index (χ2n) is 5.75. The molecular formula is C19H20F2N2O3. The van der Waals surface area contributed by atoms with Gasteiger partial charge in [-0.1, -0.05) is 35.0 Å². The van der Waals surface area contributed by atoms with Gasteiger partial charge in [-0.15, -0.1) is 0 Å². The first-order valence-corrected chi connectivity index (χ1v) is 7.93. The number of benzene rings is 2. The molecule has 26 heavy (non-hydrogen) atoms. The van der Waals surface area contributed by atoms with Crippen molar-refractivity contribution in [3.05, 3.63) is 58.7 Å². The minimum Gasteiger partial charge on any atom is -0.434 e. The van der Waals surface area contributed by atoms with Crippen LogP contribution in [0.3, 0.4) is 0 Å². The zero-order chi connectivity index (χ0) is 19.1. The van der Waals surface area contributed by atoms with E-state index in [1.807, 2.05) is 32.9 Å². The largest absolute Gasteiger partial charge is 0.434 e. The number of hydrogen-bond donors (Lipinski definition) is 1. The lowest BCUT2D eigenvalue weighted by Crippen LogP contribution is -2.18. The highest BCUT2D eigenvalue weighted by atomic mass is 19.3. The summed E-state index contributed by atoms with van der Waals surface area (Å²) in [4.78, 5) is 16.9. The fourth-order valence-electron chi connectivity index (χ4n) is 2.53. The Morgan fingerprint density at radius 3 is 2.50 bits per heavy atom. The van der Waals surface area contributed by atoms with Crippen molar-refractivity contribution in [1.29, 1.82) is 0 Å². The summed E-state index contributed by atoms with van der Waals surface area (Å²) in [6.07, 6.45) is 1.22. The smallest absolute Gasteiger partial charge is 0.387 e. The van der Waals surface area contributed by atoms with Crippen LogP contribution in [0.5, 0.6) is 5.75 Å². The molecular weight excluding hydrogens is 342 g/mol. The number of oxime groups is 1. The van der Waals surface area contributed by atoms with Gasteiger partial charge >= 0.3 is 6.61 Å². The minimum absolute atomic E-state index is 0.0230. The Labute approximate surface area is 150 Å². The van der Waals surface area contributed by atoms with Crippen LogP contribution in [0.2, 0.25) is 0 Å². The maximum atomic E-state index is 12.3. The number of nitrogens with zero attached hydrogens (tertiary/aromatic N) is 1. The molecule has 0 heterocycles. The quantitative estimate of drug-likeness (QED) is 0.593. The van der Waals surface area contributed by atoms with E-state index in [-0.39, 0.29) is 18.3 Å². The molecule has 0 saturated heterocycles. The summed E-state index contributed by atoms with van der Waals surface area (Å²) >= 11 is 0. The van der Waals surface area contributed by atoms with Crippen LogP contribution >= 0.6 is 0 Å². The lowest BCUT2D eigenvalue weighted by Gasteiger charge is -2.12. The third-order valence-corrected chi connectivity index (χ3v) is 3.54. The molecule has 5 nitrogen and oxygen atoms in total. The summed E-state index contributed by atoms with van der Waals surface area (Å²) in [5.41, 5.74) is 4.08. The van der Waals surface area contributed by atoms with Crippen LogP contribution in [0.25, 0.3) is 0 Å². The number of aryl methyl sites for hydroxylation is 3. The van der Waals surface area contributed by atoms with Crippen LogP contribution in [0.15, 0.2) is 41.6 Å². The van der Waals surface area contributed by atoms with Crippen LogP contribution in [0.4, 0.5) is 14.5 Å². The number of para-hydroxylation sites is 1. The van der Waals surface area contributed by atoms with Crippen molar-refractivity contribution in [3.63, 3.8) is 0 Å². The van der Waals surface area contributed by atoms with Gasteiger partial charge in [0.05, 0.1) is 6.21 Å². The topological polar surface area (TPSA) is 59.9 Å². The summed E-state index contributed by atoms with van der Waals surface area (Å²) in [7, 11) is 0. The summed E-state index contributed by atoms with van der Waals surface area (Å²) in [5, 5.41) is 6.42. The normalized spacial score (nSPS) is 11.0. The maximum Gasteiger partial charge on any atom is 0.387 e. The first-order chi connectivity index (χ1) is 12.4. The average molecular weight is 362 g/mol. The van der Waals surface area contributed by atoms with Gasteiger partial charge in [0.15, 0.2) is 6.61 Å². The molecule has 0 aliphatic rings. The van der Waals surface area contributed by atoms with Gasteiger partial charge in [0.1, 0.15) is 5.75 Å². The predicted molar refractivity (Wildman–Crippen MR) is 95.9 cm³/mol. The highest BCUT2D eigenvalue weighted by molar-refractivity contribution is 5.93. The molecule has 1 amide bonds. The van der Waals surface area contributed by atoms with Crippen LogP contribution < -0.4 is 10.1 Å². The van der Waals surface area contributed by atoms with E-state index in [9.17, 15) is 13.6 Å². The number of ether oxygens (including phenoxy) is 1. The SMILES string of the molecule is Cc1cc(C)c(NC(=O)CO/N=C/c2ccccc2OC(F)F)c(C)c1. The van der Waals surface area contributed by atoms with Gasteiger partial charge in [-0.25, -0.2) is 0 Å². The molecule has 0 aliphatic heterocycles. The number of alkyl halides is 2. The van der Waals surface area contributed by atoms with E-state index >= 15 is 0 Å². The molecule has 7 heteroatoms. The van der Waals surface area contributed by atoms with E-state index in [0.717, 1.165) is 22.4 Å². The molecule has 2 rings (SSSR count). The van der Waals surface area contributed by atoms with Crippen molar-refractivity contribution in [2.24, 2.45) is 5.16 Å². The van der Waals surface area contributed by atoms with Crippen molar-refractivity contribution in [2.45, 2.75) is 27.4 Å². The molecule has 138 valence electrons. The Hall–Kier alpha value is -2.96. The minimum atomic E-state index is -2.93. The first-order valence-electron chi connectivity index (χ1n) is 7.93. The van der Waals surface area contributed by atoms with Crippen LogP contribution in [-0.2, 0) is 9.63 Å². The highest BCUT2D eigenvalue weighted by Crippen LogP contribution is 2.22. The summed E-state index contributed by atoms with van der Waals surface area (Å²) in [6, 6.07) is 10.1. The molecule has 0 spiro atoms. The van der Waals surface area contributed by atoms with Crippen molar-refractivity contribution < 1.29 is 23.1 Å². The van der Waals surface area contributed by atoms with Crippen LogP contribution in [0, 0.1) is 20.8 Å². The summed E-state index contributed by atoms with van der Waals surface area (Å²) < 4.78 is 29.1. The third kappa shape index (κ3) is 5.54. The fourth-order valence-corrected chi connectivity index (χ4v) is 2.53. The Bertz CT molecular complexity index is 784. The lowest BCUT2D eigenvalue weighted by atomic mass is 10.1. The maximum absolute atomic E-state index is 12.3. The number of nitrogens with one attached hydrogen (secondary N) is 1. The van der Waals surface area contributed by atoms with E-state index in [2.05, 4.69) is 15.2 Å². The summed E-state index contributed by atoms with van der Waals surface area (Å²) in [6.45, 7) is 2.57. The Morgan fingerprint density at radius 2 is 1.85 bits per heavy atom. The predicted octanol–water partition coefficient (Wildman–Crippen LogP) is 4.20. The van der Waals surface area contributed by atoms with Crippen molar-refractivity contribution in [1.82, 2.24) is 0 Å².